The van der Waals surface area contributed by atoms with Crippen molar-refractivity contribution in [3.05, 3.63) is 27.7 Å². The summed E-state index contributed by atoms with van der Waals surface area (Å²) in [7, 11) is 0. The molecule has 19 heavy (non-hydrogen) atoms. The lowest BCUT2D eigenvalue weighted by Gasteiger charge is -2.21. The first-order valence-corrected chi connectivity index (χ1v) is 8.44. The molecule has 0 aliphatic carbocycles. The predicted molar refractivity (Wildman–Crippen MR) is 86.1 cm³/mol. The van der Waals surface area contributed by atoms with E-state index in [2.05, 4.69) is 26.6 Å². The number of hydrogen-bond donors (Lipinski definition) is 2. The van der Waals surface area contributed by atoms with Gasteiger partial charge < -0.3 is 10.6 Å². The fourth-order valence-corrected chi connectivity index (χ4v) is 3.49. The van der Waals surface area contributed by atoms with Crippen LogP contribution in [0.15, 0.2) is 22.7 Å². The van der Waals surface area contributed by atoms with E-state index in [4.69, 9.17) is 11.6 Å². The normalized spacial score (nSPS) is 16.3. The Kier molecular flexibility index (Phi) is 6.01. The molecule has 0 aromatic heterocycles. The first-order valence-electron chi connectivity index (χ1n) is 6.22. The summed E-state index contributed by atoms with van der Waals surface area (Å²) < 4.78 is 0.901. The van der Waals surface area contributed by atoms with Crippen molar-refractivity contribution in [3.63, 3.8) is 0 Å². The van der Waals surface area contributed by atoms with E-state index >= 15 is 0 Å². The van der Waals surface area contributed by atoms with Crippen LogP contribution < -0.4 is 10.6 Å². The predicted octanol–water partition coefficient (Wildman–Crippen LogP) is 3.53. The molecular formula is C13H16BrClN2OS. The van der Waals surface area contributed by atoms with E-state index < -0.39 is 0 Å². The molecule has 2 rings (SSSR count). The number of carbonyl (C=O) groups excluding carboxylic acids is 1. The van der Waals surface area contributed by atoms with E-state index in [1.54, 1.807) is 17.8 Å². The van der Waals surface area contributed by atoms with Gasteiger partial charge in [-0.15, -0.1) is 11.8 Å². The van der Waals surface area contributed by atoms with Crippen LogP contribution in [0.3, 0.4) is 0 Å². The number of thioether (sulfide) groups is 1. The zero-order valence-electron chi connectivity index (χ0n) is 10.4. The van der Waals surface area contributed by atoms with Crippen molar-refractivity contribution < 1.29 is 4.79 Å². The van der Waals surface area contributed by atoms with Crippen LogP contribution in [0.1, 0.15) is 12.8 Å². The third kappa shape index (κ3) is 4.99. The largest absolute Gasteiger partial charge is 0.324 e. The van der Waals surface area contributed by atoms with E-state index in [9.17, 15) is 4.79 Å². The Morgan fingerprint density at radius 3 is 2.95 bits per heavy atom. The number of amides is 1. The molecule has 0 atom stereocenters. The van der Waals surface area contributed by atoms with Gasteiger partial charge in [0, 0.05) is 9.72 Å². The smallest absolute Gasteiger partial charge is 0.234 e. The molecule has 0 bridgehead atoms. The van der Waals surface area contributed by atoms with Crippen LogP contribution in [-0.4, -0.2) is 30.0 Å². The van der Waals surface area contributed by atoms with Crippen molar-refractivity contribution in [1.82, 2.24) is 5.32 Å². The van der Waals surface area contributed by atoms with E-state index in [1.165, 1.54) is 0 Å². The molecular weight excluding hydrogens is 348 g/mol. The molecule has 1 amide bonds. The summed E-state index contributed by atoms with van der Waals surface area (Å²) in [5.41, 5.74) is 0.659. The minimum absolute atomic E-state index is 0.00327. The maximum atomic E-state index is 11.9. The zero-order chi connectivity index (χ0) is 13.7. The van der Waals surface area contributed by atoms with Crippen molar-refractivity contribution in [2.45, 2.75) is 18.1 Å². The highest BCUT2D eigenvalue weighted by Crippen LogP contribution is 2.26. The third-order valence-electron chi connectivity index (χ3n) is 2.94. The van der Waals surface area contributed by atoms with E-state index in [0.29, 0.717) is 21.7 Å². The lowest BCUT2D eigenvalue weighted by Crippen LogP contribution is -2.30. The van der Waals surface area contributed by atoms with Crippen molar-refractivity contribution in [2.75, 3.05) is 24.2 Å². The quantitative estimate of drug-likeness (QED) is 0.860. The van der Waals surface area contributed by atoms with Gasteiger partial charge in [-0.1, -0.05) is 27.5 Å². The Hall–Kier alpha value is -0.230. The second kappa shape index (κ2) is 7.53. The summed E-state index contributed by atoms with van der Waals surface area (Å²) in [6.45, 7) is 2.10. The van der Waals surface area contributed by atoms with Crippen LogP contribution in [0.2, 0.25) is 5.02 Å². The lowest BCUT2D eigenvalue weighted by molar-refractivity contribution is -0.113. The molecule has 1 aliphatic rings. The first kappa shape index (κ1) is 15.2. The standard InChI is InChI=1S/C13H16BrClN2OS/c14-9-1-2-11(15)12(7-9)17-13(18)8-19-10-3-5-16-6-4-10/h1-2,7,10,16H,3-6,8H2,(H,17,18). The summed E-state index contributed by atoms with van der Waals surface area (Å²) >= 11 is 11.1. The summed E-state index contributed by atoms with van der Waals surface area (Å²) in [4.78, 5) is 11.9. The van der Waals surface area contributed by atoms with Crippen LogP contribution in [-0.2, 0) is 4.79 Å². The first-order chi connectivity index (χ1) is 9.15. The van der Waals surface area contributed by atoms with Gasteiger partial charge in [-0.25, -0.2) is 0 Å². The molecule has 1 heterocycles. The molecule has 1 aliphatic heterocycles. The second-order valence-electron chi connectivity index (χ2n) is 4.43. The molecule has 0 spiro atoms. The molecule has 6 heteroatoms. The fourth-order valence-electron chi connectivity index (χ4n) is 1.94. The third-order valence-corrected chi connectivity index (χ3v) is 5.13. The second-order valence-corrected chi connectivity index (χ2v) is 7.04. The maximum Gasteiger partial charge on any atom is 0.234 e. The number of halogens is 2. The number of nitrogens with one attached hydrogen (secondary N) is 2. The Balaban J connectivity index is 1.81. The SMILES string of the molecule is O=C(CSC1CCNCC1)Nc1cc(Br)ccc1Cl. The summed E-state index contributed by atoms with van der Waals surface area (Å²) in [5.74, 6) is 0.483. The van der Waals surface area contributed by atoms with Crippen LogP contribution in [0.4, 0.5) is 5.69 Å². The summed E-state index contributed by atoms with van der Waals surface area (Å²) in [5, 5.41) is 7.32. The molecule has 0 radical (unpaired) electrons. The fraction of sp³-hybridized carbons (Fsp3) is 0.462. The molecule has 1 fully saturated rings. The van der Waals surface area contributed by atoms with Crippen molar-refractivity contribution >= 4 is 50.9 Å². The molecule has 0 unspecified atom stereocenters. The van der Waals surface area contributed by atoms with Gasteiger partial charge in [-0.2, -0.15) is 0 Å². The maximum absolute atomic E-state index is 11.9. The van der Waals surface area contributed by atoms with Crippen molar-refractivity contribution in [3.8, 4) is 0 Å². The summed E-state index contributed by atoms with van der Waals surface area (Å²) in [6, 6.07) is 5.43. The molecule has 104 valence electrons. The van der Waals surface area contributed by atoms with E-state index in [0.717, 1.165) is 30.4 Å². The Labute approximate surface area is 131 Å². The number of piperidine rings is 1. The monoisotopic (exact) mass is 362 g/mol. The molecule has 1 aromatic carbocycles. The van der Waals surface area contributed by atoms with Gasteiger partial charge in [0.2, 0.25) is 5.91 Å². The Morgan fingerprint density at radius 2 is 2.21 bits per heavy atom. The van der Waals surface area contributed by atoms with E-state index in [1.807, 2.05) is 12.1 Å². The van der Waals surface area contributed by atoms with E-state index in [-0.39, 0.29) is 5.91 Å². The summed E-state index contributed by atoms with van der Waals surface area (Å²) in [6.07, 6.45) is 2.27. The number of benzene rings is 1. The molecule has 1 saturated heterocycles. The Bertz CT molecular complexity index is 452. The number of anilines is 1. The Morgan fingerprint density at radius 1 is 1.47 bits per heavy atom. The average molecular weight is 364 g/mol. The minimum atomic E-state index is 0.00327. The molecule has 3 nitrogen and oxygen atoms in total. The topological polar surface area (TPSA) is 41.1 Å². The van der Waals surface area contributed by atoms with Crippen molar-refractivity contribution in [2.24, 2.45) is 0 Å². The van der Waals surface area contributed by atoms with Crippen LogP contribution >= 0.6 is 39.3 Å². The molecule has 2 N–H and O–H groups in total. The van der Waals surface area contributed by atoms with Crippen molar-refractivity contribution in [1.29, 1.82) is 0 Å². The number of carbonyl (C=O) groups is 1. The van der Waals surface area contributed by atoms with Gasteiger partial charge in [-0.3, -0.25) is 4.79 Å². The zero-order valence-corrected chi connectivity index (χ0v) is 13.6. The molecule has 0 saturated carbocycles. The average Bonchev–Trinajstić information content (AvgIpc) is 2.42. The number of hydrogen-bond acceptors (Lipinski definition) is 3. The van der Waals surface area contributed by atoms with Gasteiger partial charge in [-0.05, 0) is 44.1 Å². The van der Waals surface area contributed by atoms with Gasteiger partial charge in [0.25, 0.3) is 0 Å². The highest BCUT2D eigenvalue weighted by molar-refractivity contribution is 9.10. The molecule has 1 aromatic rings. The van der Waals surface area contributed by atoms with Crippen LogP contribution in [0.25, 0.3) is 0 Å². The van der Waals surface area contributed by atoms with Gasteiger partial charge in [0.05, 0.1) is 16.5 Å². The number of rotatable bonds is 4. The lowest BCUT2D eigenvalue weighted by atomic mass is 10.2. The van der Waals surface area contributed by atoms with Crippen LogP contribution in [0, 0.1) is 0 Å². The van der Waals surface area contributed by atoms with Crippen LogP contribution in [0.5, 0.6) is 0 Å². The minimum Gasteiger partial charge on any atom is -0.324 e. The van der Waals surface area contributed by atoms with Gasteiger partial charge in [0.15, 0.2) is 0 Å². The highest BCUT2D eigenvalue weighted by Gasteiger charge is 2.15. The van der Waals surface area contributed by atoms with Gasteiger partial charge in [0.1, 0.15) is 0 Å². The highest BCUT2D eigenvalue weighted by atomic mass is 79.9. The van der Waals surface area contributed by atoms with Gasteiger partial charge >= 0.3 is 0 Å².